The van der Waals surface area contributed by atoms with Crippen molar-refractivity contribution in [2.75, 3.05) is 37.7 Å². The number of rotatable bonds is 6. The Morgan fingerprint density at radius 1 is 1.00 bits per heavy atom. The van der Waals surface area contributed by atoms with Gasteiger partial charge in [0.05, 0.1) is 11.5 Å². The second-order valence-electron chi connectivity index (χ2n) is 7.09. The number of hydrogen-bond donors (Lipinski definition) is 0. The molecule has 1 saturated heterocycles. The second kappa shape index (κ2) is 9.26. The predicted molar refractivity (Wildman–Crippen MR) is 107 cm³/mol. The summed E-state index contributed by atoms with van der Waals surface area (Å²) in [6.45, 7) is 5.19. The van der Waals surface area contributed by atoms with E-state index in [0.29, 0.717) is 41.8 Å². The molecule has 2 amide bonds. The second-order valence-corrected chi connectivity index (χ2v) is 10.2. The van der Waals surface area contributed by atoms with Gasteiger partial charge in [-0.2, -0.15) is 0 Å². The van der Waals surface area contributed by atoms with Gasteiger partial charge >= 0.3 is 0 Å². The van der Waals surface area contributed by atoms with E-state index in [1.807, 2.05) is 13.8 Å². The first-order valence-electron chi connectivity index (χ1n) is 8.81. The summed E-state index contributed by atoms with van der Waals surface area (Å²) in [6.07, 6.45) is -0.0209. The van der Waals surface area contributed by atoms with E-state index in [0.717, 1.165) is 0 Å². The smallest absolute Gasteiger partial charge is 0.254 e. The van der Waals surface area contributed by atoms with Crippen LogP contribution in [0.25, 0.3) is 0 Å². The number of hydrogen-bond acceptors (Lipinski definition) is 4. The fourth-order valence-corrected chi connectivity index (χ4v) is 5.21. The van der Waals surface area contributed by atoms with E-state index in [1.165, 1.54) is 0 Å². The number of benzene rings is 1. The number of amides is 2. The van der Waals surface area contributed by atoms with Crippen LogP contribution in [0.5, 0.6) is 0 Å². The van der Waals surface area contributed by atoms with Gasteiger partial charge in [0.15, 0.2) is 9.84 Å². The average Bonchev–Trinajstić information content (AvgIpc) is 2.57. The fraction of sp³-hybridized carbons (Fsp3) is 0.556. The maximum absolute atomic E-state index is 12.6. The number of sulfone groups is 1. The molecule has 0 N–H and O–H groups in total. The van der Waals surface area contributed by atoms with Crippen LogP contribution >= 0.6 is 23.2 Å². The van der Waals surface area contributed by atoms with Crippen LogP contribution in [0.2, 0.25) is 10.0 Å². The third-order valence-electron chi connectivity index (χ3n) is 4.24. The zero-order chi connectivity index (χ0) is 20.2. The van der Waals surface area contributed by atoms with Crippen molar-refractivity contribution >= 4 is 44.9 Å². The molecule has 0 unspecified atom stereocenters. The zero-order valence-electron chi connectivity index (χ0n) is 15.5. The van der Waals surface area contributed by atoms with E-state index >= 15 is 0 Å². The van der Waals surface area contributed by atoms with Gasteiger partial charge in [0.25, 0.3) is 5.91 Å². The van der Waals surface area contributed by atoms with Gasteiger partial charge in [-0.3, -0.25) is 9.59 Å². The zero-order valence-corrected chi connectivity index (χ0v) is 17.8. The molecule has 0 atom stereocenters. The maximum atomic E-state index is 12.6. The molecule has 1 aromatic carbocycles. The lowest BCUT2D eigenvalue weighted by Crippen LogP contribution is -2.50. The normalized spacial score (nSPS) is 15.3. The lowest BCUT2D eigenvalue weighted by molar-refractivity contribution is -0.132. The van der Waals surface area contributed by atoms with Crippen LogP contribution in [-0.4, -0.2) is 67.7 Å². The molecule has 0 spiro atoms. The summed E-state index contributed by atoms with van der Waals surface area (Å²) in [6, 6.07) is 4.68. The minimum Gasteiger partial charge on any atom is -0.339 e. The molecule has 27 heavy (non-hydrogen) atoms. The lowest BCUT2D eigenvalue weighted by atomic mass is 10.1. The van der Waals surface area contributed by atoms with Crippen LogP contribution in [0, 0.1) is 5.92 Å². The van der Waals surface area contributed by atoms with Crippen LogP contribution in [0.1, 0.15) is 30.6 Å². The topological polar surface area (TPSA) is 74.8 Å². The molecule has 0 bridgehead atoms. The van der Waals surface area contributed by atoms with Crippen molar-refractivity contribution in [1.29, 1.82) is 0 Å². The molecule has 1 aromatic rings. The van der Waals surface area contributed by atoms with E-state index in [-0.39, 0.29) is 35.7 Å². The fourth-order valence-electron chi connectivity index (χ4n) is 3.01. The van der Waals surface area contributed by atoms with E-state index in [1.54, 1.807) is 28.0 Å². The molecule has 1 aliphatic heterocycles. The van der Waals surface area contributed by atoms with Crippen LogP contribution in [-0.2, 0) is 14.6 Å². The van der Waals surface area contributed by atoms with Crippen LogP contribution < -0.4 is 0 Å². The van der Waals surface area contributed by atoms with Crippen molar-refractivity contribution in [1.82, 2.24) is 9.80 Å². The van der Waals surface area contributed by atoms with Gasteiger partial charge in [-0.05, 0) is 24.1 Å². The van der Waals surface area contributed by atoms with Gasteiger partial charge in [-0.15, -0.1) is 0 Å². The van der Waals surface area contributed by atoms with Gasteiger partial charge in [0.1, 0.15) is 0 Å². The Morgan fingerprint density at radius 3 is 2.04 bits per heavy atom. The molecule has 0 aliphatic carbocycles. The summed E-state index contributed by atoms with van der Waals surface area (Å²) in [4.78, 5) is 28.1. The molecular formula is C18H24Cl2N2O4S. The van der Waals surface area contributed by atoms with Crippen molar-refractivity contribution in [3.63, 3.8) is 0 Å². The quantitative estimate of drug-likeness (QED) is 0.689. The highest BCUT2D eigenvalue weighted by atomic mass is 35.5. The summed E-state index contributed by atoms with van der Waals surface area (Å²) in [5.74, 6) is -0.388. The van der Waals surface area contributed by atoms with Crippen LogP contribution in [0.15, 0.2) is 18.2 Å². The Labute approximate surface area is 170 Å². The van der Waals surface area contributed by atoms with Crippen molar-refractivity contribution in [2.45, 2.75) is 20.3 Å². The molecule has 0 aromatic heterocycles. The molecule has 6 nitrogen and oxygen atoms in total. The maximum Gasteiger partial charge on any atom is 0.254 e. The summed E-state index contributed by atoms with van der Waals surface area (Å²) in [5, 5.41) is 0.782. The van der Waals surface area contributed by atoms with Gasteiger partial charge < -0.3 is 9.80 Å². The van der Waals surface area contributed by atoms with E-state index in [2.05, 4.69) is 0 Å². The number of carbonyl (C=O) groups is 2. The third-order valence-corrected chi connectivity index (χ3v) is 6.68. The van der Waals surface area contributed by atoms with E-state index in [9.17, 15) is 18.0 Å². The predicted octanol–water partition coefficient (Wildman–Crippen LogP) is 2.74. The lowest BCUT2D eigenvalue weighted by Gasteiger charge is -2.35. The molecule has 2 rings (SSSR count). The van der Waals surface area contributed by atoms with E-state index in [4.69, 9.17) is 23.2 Å². The van der Waals surface area contributed by atoms with Crippen LogP contribution in [0.3, 0.4) is 0 Å². The minimum atomic E-state index is -3.22. The molecule has 1 aliphatic rings. The van der Waals surface area contributed by atoms with Gasteiger partial charge in [0, 0.05) is 48.2 Å². The minimum absolute atomic E-state index is 0.0209. The van der Waals surface area contributed by atoms with Crippen molar-refractivity contribution < 1.29 is 18.0 Å². The molecule has 0 saturated carbocycles. The monoisotopic (exact) mass is 434 g/mol. The number of halogens is 2. The summed E-state index contributed by atoms with van der Waals surface area (Å²) in [7, 11) is -3.22. The molecule has 1 heterocycles. The number of nitrogens with zero attached hydrogens (tertiary/aromatic N) is 2. The van der Waals surface area contributed by atoms with Gasteiger partial charge in [-0.25, -0.2) is 8.42 Å². The Bertz CT molecular complexity index is 783. The standard InChI is InChI=1S/C18H24Cl2N2O4S/c1-13(2)12-27(25,26)8-3-17(23)21-4-6-22(7-5-21)18(24)14-9-15(19)11-16(20)10-14/h9-11,13H,3-8,12H2,1-2H3. The highest BCUT2D eigenvalue weighted by molar-refractivity contribution is 7.91. The van der Waals surface area contributed by atoms with E-state index < -0.39 is 9.84 Å². The first-order valence-corrected chi connectivity index (χ1v) is 11.4. The first-order chi connectivity index (χ1) is 12.6. The third kappa shape index (κ3) is 6.66. The molecule has 1 fully saturated rings. The number of piperazine rings is 1. The van der Waals surface area contributed by atoms with Gasteiger partial charge in [-0.1, -0.05) is 37.0 Å². The van der Waals surface area contributed by atoms with Crippen LogP contribution in [0.4, 0.5) is 0 Å². The Balaban J connectivity index is 1.87. The van der Waals surface area contributed by atoms with Crippen molar-refractivity contribution in [2.24, 2.45) is 5.92 Å². The van der Waals surface area contributed by atoms with Crippen molar-refractivity contribution in [3.05, 3.63) is 33.8 Å². The average molecular weight is 435 g/mol. The first kappa shape index (κ1) is 22.0. The SMILES string of the molecule is CC(C)CS(=O)(=O)CCC(=O)N1CCN(C(=O)c2cc(Cl)cc(Cl)c2)CC1. The number of carbonyl (C=O) groups excluding carboxylic acids is 2. The molecule has 9 heteroatoms. The highest BCUT2D eigenvalue weighted by Crippen LogP contribution is 2.21. The summed E-state index contributed by atoms with van der Waals surface area (Å²) in [5.41, 5.74) is 0.409. The Morgan fingerprint density at radius 2 is 1.52 bits per heavy atom. The summed E-state index contributed by atoms with van der Waals surface area (Å²) < 4.78 is 23.9. The Kier molecular flexibility index (Phi) is 7.54. The molecule has 150 valence electrons. The molecular weight excluding hydrogens is 411 g/mol. The molecule has 0 radical (unpaired) electrons. The van der Waals surface area contributed by atoms with Gasteiger partial charge in [0.2, 0.25) is 5.91 Å². The van der Waals surface area contributed by atoms with Crippen molar-refractivity contribution in [3.8, 4) is 0 Å². The highest BCUT2D eigenvalue weighted by Gasteiger charge is 2.26. The largest absolute Gasteiger partial charge is 0.339 e. The summed E-state index contributed by atoms with van der Waals surface area (Å²) >= 11 is 11.9. The Hall–Kier alpha value is -1.31.